The van der Waals surface area contributed by atoms with Crippen LogP contribution in [0.5, 0.6) is 0 Å². The lowest BCUT2D eigenvalue weighted by molar-refractivity contribution is -0.140. The van der Waals surface area contributed by atoms with Gasteiger partial charge in [-0.05, 0) is 0 Å². The number of nitrogens with one attached hydrogen (secondary N) is 2. The molecule has 5 N–H and O–H groups in total. The Bertz CT molecular complexity index is 310. The van der Waals surface area contributed by atoms with Crippen LogP contribution >= 0.6 is 0 Å². The zero-order chi connectivity index (χ0) is 14.7. The molecule has 0 aromatic carbocycles. The summed E-state index contributed by atoms with van der Waals surface area (Å²) in [5.74, 6) is -2.14. The maximum Gasteiger partial charge on any atom is 0.326 e. The zero-order valence-electron chi connectivity index (χ0n) is 10.7. The van der Waals surface area contributed by atoms with Gasteiger partial charge in [0.25, 0.3) is 0 Å². The van der Waals surface area contributed by atoms with Crippen LogP contribution in [0.1, 0.15) is 6.42 Å². The lowest BCUT2D eigenvalue weighted by Gasteiger charge is -2.13. The highest BCUT2D eigenvalue weighted by Crippen LogP contribution is 1.91. The van der Waals surface area contributed by atoms with Gasteiger partial charge < -0.3 is 30.9 Å². The molecule has 0 unspecified atom stereocenters. The zero-order valence-corrected chi connectivity index (χ0v) is 10.7. The van der Waals surface area contributed by atoms with E-state index in [2.05, 4.69) is 10.6 Å². The van der Waals surface area contributed by atoms with E-state index in [-0.39, 0.29) is 13.2 Å². The van der Waals surface area contributed by atoms with Gasteiger partial charge in [0.1, 0.15) is 6.04 Å². The Morgan fingerprint density at radius 2 is 1.95 bits per heavy atom. The van der Waals surface area contributed by atoms with E-state index in [1.807, 2.05) is 0 Å². The summed E-state index contributed by atoms with van der Waals surface area (Å²) in [6.07, 6.45) is -0.465. The van der Waals surface area contributed by atoms with Gasteiger partial charge in [-0.1, -0.05) is 0 Å². The number of hydrogen-bond donors (Lipinski definition) is 4. The third-order valence-corrected chi connectivity index (χ3v) is 1.97. The molecule has 19 heavy (non-hydrogen) atoms. The van der Waals surface area contributed by atoms with E-state index in [1.165, 1.54) is 0 Å². The summed E-state index contributed by atoms with van der Waals surface area (Å²) >= 11 is 0. The van der Waals surface area contributed by atoms with Gasteiger partial charge in [0.2, 0.25) is 5.91 Å². The monoisotopic (exact) mass is 277 g/mol. The highest BCUT2D eigenvalue weighted by Gasteiger charge is 2.21. The van der Waals surface area contributed by atoms with Gasteiger partial charge in [-0.3, -0.25) is 4.79 Å². The first-order valence-electron chi connectivity index (χ1n) is 5.59. The molecule has 3 amide bonds. The predicted octanol–water partition coefficient (Wildman–Crippen LogP) is -1.72. The molecule has 110 valence electrons. The molecule has 0 aliphatic carbocycles. The molecule has 0 aliphatic rings. The van der Waals surface area contributed by atoms with Crippen molar-refractivity contribution < 1.29 is 29.0 Å². The number of hydrogen-bond acceptors (Lipinski definition) is 5. The SMILES string of the molecule is COCCOCCNC(=O)N[C@H](CC(N)=O)C(=O)O. The van der Waals surface area contributed by atoms with Crippen molar-refractivity contribution in [1.82, 2.24) is 10.6 Å². The van der Waals surface area contributed by atoms with Crippen LogP contribution in [0.2, 0.25) is 0 Å². The van der Waals surface area contributed by atoms with Gasteiger partial charge >= 0.3 is 12.0 Å². The number of rotatable bonds is 10. The number of carbonyl (C=O) groups is 3. The highest BCUT2D eigenvalue weighted by atomic mass is 16.5. The molecule has 0 saturated carbocycles. The van der Waals surface area contributed by atoms with E-state index in [9.17, 15) is 14.4 Å². The number of methoxy groups -OCH3 is 1. The molecule has 0 saturated heterocycles. The maximum atomic E-state index is 11.3. The van der Waals surface area contributed by atoms with Crippen molar-refractivity contribution in [2.24, 2.45) is 5.73 Å². The summed E-state index contributed by atoms with van der Waals surface area (Å²) in [6.45, 7) is 1.33. The van der Waals surface area contributed by atoms with Gasteiger partial charge in [0.15, 0.2) is 0 Å². The summed E-state index contributed by atoms with van der Waals surface area (Å²) in [4.78, 5) is 32.7. The molecular formula is C10H19N3O6. The highest BCUT2D eigenvalue weighted by molar-refractivity contribution is 5.87. The van der Waals surface area contributed by atoms with Crippen LogP contribution in [-0.2, 0) is 19.1 Å². The summed E-state index contributed by atoms with van der Waals surface area (Å²) in [6, 6.07) is -2.05. The Labute approximate surface area is 110 Å². The normalized spacial score (nSPS) is 11.6. The number of urea groups is 1. The smallest absolute Gasteiger partial charge is 0.326 e. The Hall–Kier alpha value is -1.87. The number of nitrogens with two attached hydrogens (primary N) is 1. The first-order valence-corrected chi connectivity index (χ1v) is 5.59. The first-order chi connectivity index (χ1) is 8.97. The van der Waals surface area contributed by atoms with Gasteiger partial charge in [-0.15, -0.1) is 0 Å². The van der Waals surface area contributed by atoms with E-state index in [0.29, 0.717) is 13.2 Å². The van der Waals surface area contributed by atoms with Crippen LogP contribution in [0.25, 0.3) is 0 Å². The van der Waals surface area contributed by atoms with Crippen LogP contribution in [-0.4, -0.2) is 62.5 Å². The minimum absolute atomic E-state index is 0.207. The Morgan fingerprint density at radius 3 is 2.47 bits per heavy atom. The molecule has 0 fully saturated rings. The Balaban J connectivity index is 3.81. The number of primary amides is 1. The number of carboxylic acids is 1. The fourth-order valence-corrected chi connectivity index (χ4v) is 1.09. The van der Waals surface area contributed by atoms with Gasteiger partial charge in [0.05, 0.1) is 26.2 Å². The average molecular weight is 277 g/mol. The number of aliphatic carboxylic acids is 1. The lowest BCUT2D eigenvalue weighted by Crippen LogP contribution is -2.48. The maximum absolute atomic E-state index is 11.3. The predicted molar refractivity (Wildman–Crippen MR) is 64.5 cm³/mol. The van der Waals surface area contributed by atoms with Crippen LogP contribution < -0.4 is 16.4 Å². The van der Waals surface area contributed by atoms with Crippen LogP contribution in [0, 0.1) is 0 Å². The average Bonchev–Trinajstić information content (AvgIpc) is 2.32. The van der Waals surface area contributed by atoms with Crippen LogP contribution in [0.15, 0.2) is 0 Å². The molecule has 0 radical (unpaired) electrons. The fourth-order valence-electron chi connectivity index (χ4n) is 1.09. The number of carboxylic acid groups (broad SMARTS) is 1. The topological polar surface area (TPSA) is 140 Å². The molecule has 0 rings (SSSR count). The lowest BCUT2D eigenvalue weighted by atomic mass is 10.2. The van der Waals surface area contributed by atoms with E-state index in [0.717, 1.165) is 0 Å². The first kappa shape index (κ1) is 17.1. The molecule has 0 aromatic rings. The van der Waals surface area contributed by atoms with Crippen molar-refractivity contribution in [3.63, 3.8) is 0 Å². The second-order valence-corrected chi connectivity index (χ2v) is 3.57. The van der Waals surface area contributed by atoms with Crippen molar-refractivity contribution in [3.8, 4) is 0 Å². The molecule has 1 atom stereocenters. The summed E-state index contributed by atoms with van der Waals surface area (Å²) < 4.78 is 9.84. The Kier molecular flexibility index (Phi) is 9.10. The molecule has 0 heterocycles. The molecule has 0 aromatic heterocycles. The third-order valence-electron chi connectivity index (χ3n) is 1.97. The third kappa shape index (κ3) is 9.80. The van der Waals surface area contributed by atoms with Gasteiger partial charge in [-0.25, -0.2) is 9.59 Å². The largest absolute Gasteiger partial charge is 0.480 e. The molecule has 0 aliphatic heterocycles. The molecule has 0 spiro atoms. The second-order valence-electron chi connectivity index (χ2n) is 3.57. The minimum atomic E-state index is -1.34. The minimum Gasteiger partial charge on any atom is -0.480 e. The van der Waals surface area contributed by atoms with Crippen molar-refractivity contribution in [2.45, 2.75) is 12.5 Å². The quantitative estimate of drug-likeness (QED) is 0.350. The van der Waals surface area contributed by atoms with Crippen molar-refractivity contribution in [1.29, 1.82) is 0 Å². The number of amides is 3. The Morgan fingerprint density at radius 1 is 1.26 bits per heavy atom. The fraction of sp³-hybridized carbons (Fsp3) is 0.700. The van der Waals surface area contributed by atoms with E-state index < -0.39 is 30.4 Å². The molecular weight excluding hydrogens is 258 g/mol. The standard InChI is InChI=1S/C10H19N3O6/c1-18-4-5-19-3-2-12-10(17)13-7(9(15)16)6-8(11)14/h7H,2-6H2,1H3,(H2,11,14)(H,15,16)(H2,12,13,17)/t7-/m1/s1. The van der Waals surface area contributed by atoms with Crippen molar-refractivity contribution in [3.05, 3.63) is 0 Å². The molecule has 0 bridgehead atoms. The van der Waals surface area contributed by atoms with Gasteiger partial charge in [0, 0.05) is 13.7 Å². The molecule has 9 nitrogen and oxygen atoms in total. The second kappa shape index (κ2) is 10.1. The van der Waals surface area contributed by atoms with E-state index in [4.69, 9.17) is 20.3 Å². The number of carbonyl (C=O) groups excluding carboxylic acids is 2. The van der Waals surface area contributed by atoms with E-state index in [1.54, 1.807) is 7.11 Å². The van der Waals surface area contributed by atoms with Gasteiger partial charge in [-0.2, -0.15) is 0 Å². The van der Waals surface area contributed by atoms with Crippen LogP contribution in [0.4, 0.5) is 4.79 Å². The van der Waals surface area contributed by atoms with E-state index >= 15 is 0 Å². The summed E-state index contributed by atoms with van der Waals surface area (Å²) in [5.41, 5.74) is 4.87. The summed E-state index contributed by atoms with van der Waals surface area (Å²) in [7, 11) is 1.54. The van der Waals surface area contributed by atoms with Crippen molar-refractivity contribution >= 4 is 17.9 Å². The van der Waals surface area contributed by atoms with Crippen molar-refractivity contribution in [2.75, 3.05) is 33.5 Å². The summed E-state index contributed by atoms with van der Waals surface area (Å²) in [5, 5.41) is 13.3. The van der Waals surface area contributed by atoms with Crippen LogP contribution in [0.3, 0.4) is 0 Å². The number of ether oxygens (including phenoxy) is 2. The molecule has 9 heteroatoms.